The first kappa shape index (κ1) is 11.1. The summed E-state index contributed by atoms with van der Waals surface area (Å²) in [6, 6.07) is 12.5. The summed E-state index contributed by atoms with van der Waals surface area (Å²) in [6.07, 6.45) is 6.20. The molecule has 1 saturated heterocycles. The predicted octanol–water partition coefficient (Wildman–Crippen LogP) is 3.43. The van der Waals surface area contributed by atoms with Crippen molar-refractivity contribution in [2.45, 2.75) is 12.8 Å². The Morgan fingerprint density at radius 2 is 1.67 bits per heavy atom. The van der Waals surface area contributed by atoms with E-state index in [4.69, 9.17) is 0 Å². The molecule has 1 fully saturated rings. The standard InChI is InChI=1S/C15H17N3/c1-2-6-15(18-11-3-4-12-18)14(5-1)17-13-7-9-16-10-8-13/h1-2,5-10H,3-4,11-12H2,(H,16,17). The number of pyridine rings is 1. The van der Waals surface area contributed by atoms with E-state index in [1.165, 1.54) is 24.2 Å². The first-order chi connectivity index (χ1) is 8.93. The third-order valence-corrected chi connectivity index (χ3v) is 3.31. The maximum Gasteiger partial charge on any atom is 0.0622 e. The van der Waals surface area contributed by atoms with Gasteiger partial charge in [-0.05, 0) is 37.1 Å². The summed E-state index contributed by atoms with van der Waals surface area (Å²) in [7, 11) is 0. The summed E-state index contributed by atoms with van der Waals surface area (Å²) in [5.41, 5.74) is 3.55. The molecule has 92 valence electrons. The normalized spacial score (nSPS) is 14.8. The minimum absolute atomic E-state index is 1.08. The Hall–Kier alpha value is -2.03. The molecule has 2 heterocycles. The van der Waals surface area contributed by atoms with Gasteiger partial charge in [0, 0.05) is 31.2 Å². The molecule has 1 N–H and O–H groups in total. The van der Waals surface area contributed by atoms with Gasteiger partial charge in [-0.2, -0.15) is 0 Å². The monoisotopic (exact) mass is 239 g/mol. The highest BCUT2D eigenvalue weighted by atomic mass is 15.2. The van der Waals surface area contributed by atoms with E-state index in [0.29, 0.717) is 0 Å². The van der Waals surface area contributed by atoms with Gasteiger partial charge >= 0.3 is 0 Å². The Morgan fingerprint density at radius 3 is 2.44 bits per heavy atom. The topological polar surface area (TPSA) is 28.2 Å². The van der Waals surface area contributed by atoms with Gasteiger partial charge in [-0.25, -0.2) is 0 Å². The first-order valence-corrected chi connectivity index (χ1v) is 6.44. The van der Waals surface area contributed by atoms with Crippen LogP contribution in [-0.2, 0) is 0 Å². The lowest BCUT2D eigenvalue weighted by Crippen LogP contribution is -2.18. The van der Waals surface area contributed by atoms with Crippen LogP contribution in [0.15, 0.2) is 48.8 Å². The number of para-hydroxylation sites is 2. The van der Waals surface area contributed by atoms with E-state index in [1.54, 1.807) is 12.4 Å². The van der Waals surface area contributed by atoms with Crippen molar-refractivity contribution in [2.24, 2.45) is 0 Å². The molecule has 0 radical (unpaired) electrons. The Kier molecular flexibility index (Phi) is 3.13. The molecule has 1 aromatic carbocycles. The summed E-state index contributed by atoms with van der Waals surface area (Å²) in [5, 5.41) is 3.47. The minimum Gasteiger partial charge on any atom is -0.370 e. The Bertz CT molecular complexity index is 504. The van der Waals surface area contributed by atoms with Crippen LogP contribution in [0.25, 0.3) is 0 Å². The fourth-order valence-electron chi connectivity index (χ4n) is 2.40. The second-order valence-corrected chi connectivity index (χ2v) is 4.57. The summed E-state index contributed by atoms with van der Waals surface area (Å²) >= 11 is 0. The molecule has 0 spiro atoms. The van der Waals surface area contributed by atoms with Gasteiger partial charge < -0.3 is 10.2 Å². The van der Waals surface area contributed by atoms with Crippen LogP contribution in [0, 0.1) is 0 Å². The highest BCUT2D eigenvalue weighted by molar-refractivity contribution is 5.75. The van der Waals surface area contributed by atoms with Gasteiger partial charge in [-0.3, -0.25) is 4.98 Å². The molecule has 1 aliphatic heterocycles. The lowest BCUT2D eigenvalue weighted by Gasteiger charge is -2.21. The van der Waals surface area contributed by atoms with Crippen molar-refractivity contribution < 1.29 is 0 Å². The van der Waals surface area contributed by atoms with E-state index in [2.05, 4.69) is 39.5 Å². The third kappa shape index (κ3) is 2.30. The van der Waals surface area contributed by atoms with E-state index in [1.807, 2.05) is 12.1 Å². The number of rotatable bonds is 3. The molecule has 2 aromatic rings. The zero-order valence-electron chi connectivity index (χ0n) is 10.3. The molecular weight excluding hydrogens is 222 g/mol. The second-order valence-electron chi connectivity index (χ2n) is 4.57. The lowest BCUT2D eigenvalue weighted by atomic mass is 10.2. The average molecular weight is 239 g/mol. The Morgan fingerprint density at radius 1 is 0.944 bits per heavy atom. The SMILES string of the molecule is c1ccc(N2CCCC2)c(Nc2ccncc2)c1. The van der Waals surface area contributed by atoms with Gasteiger partial charge in [0.15, 0.2) is 0 Å². The minimum atomic E-state index is 1.08. The Balaban J connectivity index is 1.87. The third-order valence-electron chi connectivity index (χ3n) is 3.31. The molecule has 3 heteroatoms. The van der Waals surface area contributed by atoms with Gasteiger partial charge in [-0.1, -0.05) is 12.1 Å². The zero-order valence-corrected chi connectivity index (χ0v) is 10.3. The van der Waals surface area contributed by atoms with Crippen LogP contribution < -0.4 is 10.2 Å². The molecule has 0 amide bonds. The largest absolute Gasteiger partial charge is 0.370 e. The van der Waals surface area contributed by atoms with Crippen molar-refractivity contribution in [2.75, 3.05) is 23.3 Å². The van der Waals surface area contributed by atoms with Crippen LogP contribution in [0.5, 0.6) is 0 Å². The fraction of sp³-hybridized carbons (Fsp3) is 0.267. The Labute approximate surface area is 107 Å². The van der Waals surface area contributed by atoms with E-state index in [0.717, 1.165) is 18.8 Å². The highest BCUT2D eigenvalue weighted by Gasteiger charge is 2.15. The van der Waals surface area contributed by atoms with Crippen LogP contribution in [0.1, 0.15) is 12.8 Å². The van der Waals surface area contributed by atoms with Crippen molar-refractivity contribution in [1.82, 2.24) is 4.98 Å². The second kappa shape index (κ2) is 5.08. The number of hydrogen-bond donors (Lipinski definition) is 1. The quantitative estimate of drug-likeness (QED) is 0.889. The maximum absolute atomic E-state index is 4.04. The molecule has 1 aromatic heterocycles. The summed E-state index contributed by atoms with van der Waals surface area (Å²) in [6.45, 7) is 2.32. The number of aromatic nitrogens is 1. The highest BCUT2D eigenvalue weighted by Crippen LogP contribution is 2.30. The van der Waals surface area contributed by atoms with Crippen molar-refractivity contribution >= 4 is 17.1 Å². The molecule has 18 heavy (non-hydrogen) atoms. The van der Waals surface area contributed by atoms with Crippen LogP contribution >= 0.6 is 0 Å². The smallest absolute Gasteiger partial charge is 0.0622 e. The van der Waals surface area contributed by atoms with Crippen LogP contribution in [0.4, 0.5) is 17.1 Å². The van der Waals surface area contributed by atoms with Crippen molar-refractivity contribution in [3.8, 4) is 0 Å². The maximum atomic E-state index is 4.04. The molecule has 0 bridgehead atoms. The van der Waals surface area contributed by atoms with Crippen molar-refractivity contribution in [1.29, 1.82) is 0 Å². The molecular formula is C15H17N3. The molecule has 3 rings (SSSR count). The molecule has 0 aliphatic carbocycles. The van der Waals surface area contributed by atoms with E-state index in [-0.39, 0.29) is 0 Å². The summed E-state index contributed by atoms with van der Waals surface area (Å²) in [5.74, 6) is 0. The molecule has 0 unspecified atom stereocenters. The number of anilines is 3. The van der Waals surface area contributed by atoms with Crippen LogP contribution in [0.3, 0.4) is 0 Å². The fourth-order valence-corrected chi connectivity index (χ4v) is 2.40. The van der Waals surface area contributed by atoms with E-state index < -0.39 is 0 Å². The molecule has 3 nitrogen and oxygen atoms in total. The average Bonchev–Trinajstić information content (AvgIpc) is 2.94. The van der Waals surface area contributed by atoms with E-state index >= 15 is 0 Å². The predicted molar refractivity (Wildman–Crippen MR) is 75.4 cm³/mol. The van der Waals surface area contributed by atoms with E-state index in [9.17, 15) is 0 Å². The van der Waals surface area contributed by atoms with Crippen molar-refractivity contribution in [3.63, 3.8) is 0 Å². The van der Waals surface area contributed by atoms with Gasteiger partial charge in [0.25, 0.3) is 0 Å². The van der Waals surface area contributed by atoms with Gasteiger partial charge in [0.05, 0.1) is 11.4 Å². The van der Waals surface area contributed by atoms with Gasteiger partial charge in [0.1, 0.15) is 0 Å². The number of nitrogens with zero attached hydrogens (tertiary/aromatic N) is 2. The van der Waals surface area contributed by atoms with Gasteiger partial charge in [0.2, 0.25) is 0 Å². The van der Waals surface area contributed by atoms with Crippen molar-refractivity contribution in [3.05, 3.63) is 48.8 Å². The number of hydrogen-bond acceptors (Lipinski definition) is 3. The molecule has 1 aliphatic rings. The molecule has 0 atom stereocenters. The summed E-state index contributed by atoms with van der Waals surface area (Å²) < 4.78 is 0. The van der Waals surface area contributed by atoms with Crippen LogP contribution in [0.2, 0.25) is 0 Å². The summed E-state index contributed by atoms with van der Waals surface area (Å²) in [4.78, 5) is 6.48. The molecule has 0 saturated carbocycles. The number of benzene rings is 1. The lowest BCUT2D eigenvalue weighted by molar-refractivity contribution is 0.949. The first-order valence-electron chi connectivity index (χ1n) is 6.44. The number of nitrogens with one attached hydrogen (secondary N) is 1. The van der Waals surface area contributed by atoms with Crippen LogP contribution in [-0.4, -0.2) is 18.1 Å². The zero-order chi connectivity index (χ0) is 12.2. The van der Waals surface area contributed by atoms with Gasteiger partial charge in [-0.15, -0.1) is 0 Å².